The Kier molecular flexibility index (Phi) is 7.12. The molecular formula is C22H28N4O4. The summed E-state index contributed by atoms with van der Waals surface area (Å²) in [7, 11) is 0. The van der Waals surface area contributed by atoms with Gasteiger partial charge in [-0.25, -0.2) is 0 Å². The maximum atomic E-state index is 11.6. The number of nitrogens with zero attached hydrogens (tertiary/aromatic N) is 4. The summed E-state index contributed by atoms with van der Waals surface area (Å²) in [5.74, 6) is 0. The molecule has 0 saturated carbocycles. The molecule has 2 aromatic carbocycles. The van der Waals surface area contributed by atoms with Crippen molar-refractivity contribution in [2.24, 2.45) is 0 Å². The van der Waals surface area contributed by atoms with Gasteiger partial charge in [-0.1, -0.05) is 60.7 Å². The fraction of sp³-hybridized carbons (Fsp3) is 0.455. The number of piperazine rings is 1. The SMILES string of the molecule is CC(C(c1ccccc1)N1CCN(C(c2ccccc2)C(C)[N+](=O)[O-])CC1)[N+](=O)[O-]. The van der Waals surface area contributed by atoms with Gasteiger partial charge in [0.2, 0.25) is 12.1 Å². The van der Waals surface area contributed by atoms with Crippen LogP contribution < -0.4 is 0 Å². The van der Waals surface area contributed by atoms with Crippen LogP contribution in [-0.2, 0) is 0 Å². The van der Waals surface area contributed by atoms with E-state index in [0.717, 1.165) is 11.1 Å². The van der Waals surface area contributed by atoms with Gasteiger partial charge in [-0.15, -0.1) is 0 Å². The van der Waals surface area contributed by atoms with E-state index in [0.29, 0.717) is 26.2 Å². The molecule has 1 fully saturated rings. The monoisotopic (exact) mass is 412 g/mol. The lowest BCUT2D eigenvalue weighted by Gasteiger charge is -2.42. The first-order valence-corrected chi connectivity index (χ1v) is 10.2. The fourth-order valence-electron chi connectivity index (χ4n) is 4.41. The molecule has 8 heteroatoms. The molecule has 3 rings (SSSR count). The maximum absolute atomic E-state index is 11.6. The zero-order chi connectivity index (χ0) is 21.7. The molecule has 1 heterocycles. The Balaban J connectivity index is 1.80. The van der Waals surface area contributed by atoms with Gasteiger partial charge in [0.05, 0.1) is 0 Å². The fourth-order valence-corrected chi connectivity index (χ4v) is 4.41. The van der Waals surface area contributed by atoms with Crippen LogP contribution >= 0.6 is 0 Å². The minimum atomic E-state index is -0.749. The third-order valence-corrected chi connectivity index (χ3v) is 6.00. The van der Waals surface area contributed by atoms with Gasteiger partial charge in [0.15, 0.2) is 0 Å². The summed E-state index contributed by atoms with van der Waals surface area (Å²) in [5.41, 5.74) is 1.85. The second kappa shape index (κ2) is 9.77. The highest BCUT2D eigenvalue weighted by Crippen LogP contribution is 2.31. The van der Waals surface area contributed by atoms with Crippen LogP contribution in [0.3, 0.4) is 0 Å². The van der Waals surface area contributed by atoms with Crippen LogP contribution in [0.15, 0.2) is 60.7 Å². The normalized spacial score (nSPS) is 19.5. The van der Waals surface area contributed by atoms with E-state index < -0.39 is 12.1 Å². The van der Waals surface area contributed by atoms with Crippen molar-refractivity contribution >= 4 is 0 Å². The Bertz CT molecular complexity index is 769. The number of benzene rings is 2. The van der Waals surface area contributed by atoms with Gasteiger partial charge in [-0.3, -0.25) is 30.0 Å². The minimum Gasteiger partial charge on any atom is -0.288 e. The van der Waals surface area contributed by atoms with Crippen LogP contribution in [0.2, 0.25) is 0 Å². The Morgan fingerprint density at radius 3 is 1.23 bits per heavy atom. The van der Waals surface area contributed by atoms with Crippen molar-refractivity contribution in [1.29, 1.82) is 0 Å². The van der Waals surface area contributed by atoms with E-state index in [1.54, 1.807) is 13.8 Å². The Hall–Kier alpha value is -2.84. The molecule has 4 atom stereocenters. The third kappa shape index (κ3) is 4.83. The summed E-state index contributed by atoms with van der Waals surface area (Å²) >= 11 is 0. The van der Waals surface area contributed by atoms with Gasteiger partial charge < -0.3 is 0 Å². The molecule has 1 saturated heterocycles. The van der Waals surface area contributed by atoms with Crippen LogP contribution in [0.25, 0.3) is 0 Å². The van der Waals surface area contributed by atoms with Crippen LogP contribution in [0.4, 0.5) is 0 Å². The molecule has 30 heavy (non-hydrogen) atoms. The van der Waals surface area contributed by atoms with Crippen molar-refractivity contribution in [3.63, 3.8) is 0 Å². The average Bonchev–Trinajstić information content (AvgIpc) is 2.76. The van der Waals surface area contributed by atoms with E-state index in [1.165, 1.54) is 0 Å². The summed E-state index contributed by atoms with van der Waals surface area (Å²) in [6, 6.07) is 17.0. The first-order valence-electron chi connectivity index (χ1n) is 10.2. The summed E-state index contributed by atoms with van der Waals surface area (Å²) in [6.07, 6.45) is 0. The zero-order valence-electron chi connectivity index (χ0n) is 17.3. The smallest absolute Gasteiger partial charge is 0.229 e. The number of nitro groups is 2. The molecule has 1 aliphatic heterocycles. The maximum Gasteiger partial charge on any atom is 0.229 e. The third-order valence-electron chi connectivity index (χ3n) is 6.00. The number of rotatable bonds is 8. The van der Waals surface area contributed by atoms with E-state index in [1.807, 2.05) is 60.7 Å². The van der Waals surface area contributed by atoms with Crippen molar-refractivity contribution in [3.8, 4) is 0 Å². The number of hydrogen-bond donors (Lipinski definition) is 0. The zero-order valence-corrected chi connectivity index (χ0v) is 17.3. The standard InChI is InChI=1S/C22H28N4O4/c1-17(25(27)28)21(19-9-5-3-6-10-19)23-13-15-24(16-14-23)22(18(2)26(29)30)20-11-7-4-8-12-20/h3-12,17-18,21-22H,13-16H2,1-2H3. The molecule has 160 valence electrons. The molecule has 0 N–H and O–H groups in total. The largest absolute Gasteiger partial charge is 0.288 e. The van der Waals surface area contributed by atoms with Crippen molar-refractivity contribution in [2.45, 2.75) is 38.0 Å². The first-order chi connectivity index (χ1) is 14.4. The van der Waals surface area contributed by atoms with Gasteiger partial charge in [0.1, 0.15) is 12.1 Å². The van der Waals surface area contributed by atoms with Crippen molar-refractivity contribution < 1.29 is 9.85 Å². The second-order valence-electron chi connectivity index (χ2n) is 7.83. The lowest BCUT2D eigenvalue weighted by atomic mass is 9.96. The van der Waals surface area contributed by atoms with Crippen LogP contribution in [0.5, 0.6) is 0 Å². The van der Waals surface area contributed by atoms with Crippen molar-refractivity contribution in [3.05, 3.63) is 92.0 Å². The molecule has 4 unspecified atom stereocenters. The van der Waals surface area contributed by atoms with Crippen molar-refractivity contribution in [2.75, 3.05) is 26.2 Å². The highest BCUT2D eigenvalue weighted by Gasteiger charge is 2.39. The van der Waals surface area contributed by atoms with Gasteiger partial charge in [-0.2, -0.15) is 0 Å². The topological polar surface area (TPSA) is 92.8 Å². The minimum absolute atomic E-state index is 0.231. The van der Waals surface area contributed by atoms with Gasteiger partial charge in [0.25, 0.3) is 0 Å². The Morgan fingerprint density at radius 1 is 0.667 bits per heavy atom. The highest BCUT2D eigenvalue weighted by atomic mass is 16.6. The predicted octanol–water partition coefficient (Wildman–Crippen LogP) is 3.42. The average molecular weight is 412 g/mol. The first kappa shape index (κ1) is 21.9. The van der Waals surface area contributed by atoms with Gasteiger partial charge >= 0.3 is 0 Å². The molecule has 0 bridgehead atoms. The van der Waals surface area contributed by atoms with Crippen LogP contribution in [0.1, 0.15) is 37.1 Å². The van der Waals surface area contributed by atoms with E-state index in [2.05, 4.69) is 9.80 Å². The van der Waals surface area contributed by atoms with Crippen LogP contribution in [-0.4, -0.2) is 57.9 Å². The summed E-state index contributed by atoms with van der Waals surface area (Å²) < 4.78 is 0. The van der Waals surface area contributed by atoms with E-state index in [-0.39, 0.29) is 21.9 Å². The number of hydrogen-bond acceptors (Lipinski definition) is 6. The molecule has 0 aliphatic carbocycles. The second-order valence-corrected chi connectivity index (χ2v) is 7.83. The summed E-state index contributed by atoms with van der Waals surface area (Å²) in [4.78, 5) is 27.0. The lowest BCUT2D eigenvalue weighted by molar-refractivity contribution is -0.529. The summed E-state index contributed by atoms with van der Waals surface area (Å²) in [6.45, 7) is 5.76. The van der Waals surface area contributed by atoms with E-state index in [4.69, 9.17) is 0 Å². The molecule has 2 aromatic rings. The van der Waals surface area contributed by atoms with Gasteiger partial charge in [0, 0.05) is 49.9 Å². The lowest BCUT2D eigenvalue weighted by Crippen LogP contribution is -2.53. The molecular weight excluding hydrogens is 384 g/mol. The van der Waals surface area contributed by atoms with Gasteiger partial charge in [-0.05, 0) is 11.1 Å². The van der Waals surface area contributed by atoms with E-state index >= 15 is 0 Å². The van der Waals surface area contributed by atoms with Crippen LogP contribution in [0, 0.1) is 20.2 Å². The Morgan fingerprint density at radius 2 is 0.967 bits per heavy atom. The molecule has 0 aromatic heterocycles. The quantitative estimate of drug-likeness (QED) is 0.487. The Labute approximate surface area is 176 Å². The van der Waals surface area contributed by atoms with Crippen molar-refractivity contribution in [1.82, 2.24) is 9.80 Å². The van der Waals surface area contributed by atoms with E-state index in [9.17, 15) is 20.2 Å². The predicted molar refractivity (Wildman–Crippen MR) is 114 cm³/mol. The molecule has 0 spiro atoms. The summed E-state index contributed by atoms with van der Waals surface area (Å²) in [5, 5.41) is 23.1. The molecule has 0 radical (unpaired) electrons. The highest BCUT2D eigenvalue weighted by molar-refractivity contribution is 5.22. The molecule has 8 nitrogen and oxygen atoms in total. The molecule has 0 amide bonds. The molecule has 1 aliphatic rings.